The molecule has 0 aliphatic rings. The maximum atomic E-state index is 12.3. The van der Waals surface area contributed by atoms with Crippen LogP contribution in [0.25, 0.3) is 0 Å². The third kappa shape index (κ3) is 4.46. The van der Waals surface area contributed by atoms with Gasteiger partial charge in [0.1, 0.15) is 0 Å². The van der Waals surface area contributed by atoms with Crippen molar-refractivity contribution in [2.24, 2.45) is 5.41 Å². The maximum Gasteiger partial charge on any atom is 0.314 e. The molecule has 0 aliphatic carbocycles. The van der Waals surface area contributed by atoms with E-state index < -0.39 is 13.7 Å². The minimum Gasteiger partial charge on any atom is -0.465 e. The van der Waals surface area contributed by atoms with Gasteiger partial charge in [-0.05, 0) is 46.0 Å². The average molecular weight is 294 g/mol. The van der Waals surface area contributed by atoms with E-state index in [0.29, 0.717) is 6.61 Å². The van der Waals surface area contributed by atoms with Crippen LogP contribution < -0.4 is 0 Å². The third-order valence-corrected chi connectivity index (χ3v) is 3.97. The Bertz CT molecular complexity index is 435. The fourth-order valence-corrected chi connectivity index (χ4v) is 3.18. The highest BCUT2D eigenvalue weighted by Gasteiger charge is 2.42. The first-order valence-electron chi connectivity index (χ1n) is 7.08. The van der Waals surface area contributed by atoms with Gasteiger partial charge in [-0.25, -0.2) is 0 Å². The van der Waals surface area contributed by atoms with Gasteiger partial charge in [-0.3, -0.25) is 4.79 Å². The molecule has 3 nitrogen and oxygen atoms in total. The van der Waals surface area contributed by atoms with E-state index in [2.05, 4.69) is 19.6 Å². The second-order valence-electron chi connectivity index (χ2n) is 6.46. The molecule has 0 fully saturated rings. The van der Waals surface area contributed by atoms with Crippen LogP contribution in [0, 0.1) is 5.41 Å². The third-order valence-electron chi connectivity index (χ3n) is 3.03. The molecule has 112 valence electrons. The van der Waals surface area contributed by atoms with E-state index in [0.717, 1.165) is 5.56 Å². The smallest absolute Gasteiger partial charge is 0.314 e. The molecule has 0 aliphatic heterocycles. The Balaban J connectivity index is 3.14. The Labute approximate surface area is 123 Å². The van der Waals surface area contributed by atoms with Crippen molar-refractivity contribution in [2.45, 2.75) is 46.5 Å². The zero-order chi connectivity index (χ0) is 15.4. The molecule has 0 saturated carbocycles. The van der Waals surface area contributed by atoms with Crippen molar-refractivity contribution in [1.82, 2.24) is 0 Å². The van der Waals surface area contributed by atoms with Crippen LogP contribution in [0.3, 0.4) is 0 Å². The van der Waals surface area contributed by atoms with Crippen LogP contribution in [-0.4, -0.2) is 20.9 Å². The lowest BCUT2D eigenvalue weighted by Gasteiger charge is -2.36. The Morgan fingerprint density at radius 1 is 1.20 bits per heavy atom. The van der Waals surface area contributed by atoms with E-state index in [4.69, 9.17) is 9.16 Å². The molecule has 0 N–H and O–H groups in total. The van der Waals surface area contributed by atoms with Gasteiger partial charge in [-0.2, -0.15) is 0 Å². The van der Waals surface area contributed by atoms with Gasteiger partial charge in [0.15, 0.2) is 8.32 Å². The van der Waals surface area contributed by atoms with Crippen molar-refractivity contribution < 1.29 is 14.0 Å². The SMILES string of the molecule is CCOC(=O)C(C)(C)C(O[Si](C)(C)C)c1ccccc1. The fourth-order valence-electron chi connectivity index (χ4n) is 2.04. The lowest BCUT2D eigenvalue weighted by Crippen LogP contribution is -2.40. The largest absolute Gasteiger partial charge is 0.465 e. The molecule has 0 amide bonds. The predicted molar refractivity (Wildman–Crippen MR) is 84.0 cm³/mol. The predicted octanol–water partition coefficient (Wildman–Crippen LogP) is 4.17. The second-order valence-corrected chi connectivity index (χ2v) is 10.9. The Hall–Kier alpha value is -1.13. The van der Waals surface area contributed by atoms with Crippen LogP contribution in [-0.2, 0) is 14.0 Å². The summed E-state index contributed by atoms with van der Waals surface area (Å²) in [6.45, 7) is 12.4. The van der Waals surface area contributed by atoms with E-state index in [1.165, 1.54) is 0 Å². The number of carbonyl (C=O) groups excluding carboxylic acids is 1. The van der Waals surface area contributed by atoms with Gasteiger partial charge in [0.25, 0.3) is 0 Å². The number of benzene rings is 1. The molecule has 1 unspecified atom stereocenters. The van der Waals surface area contributed by atoms with Crippen LogP contribution in [0.15, 0.2) is 30.3 Å². The zero-order valence-electron chi connectivity index (χ0n) is 13.4. The van der Waals surface area contributed by atoms with Crippen molar-refractivity contribution >= 4 is 14.3 Å². The summed E-state index contributed by atoms with van der Waals surface area (Å²) in [6, 6.07) is 9.91. The van der Waals surface area contributed by atoms with Crippen molar-refractivity contribution in [1.29, 1.82) is 0 Å². The minimum absolute atomic E-state index is 0.216. The first-order valence-corrected chi connectivity index (χ1v) is 10.5. The molecule has 20 heavy (non-hydrogen) atoms. The number of hydrogen-bond acceptors (Lipinski definition) is 3. The van der Waals surface area contributed by atoms with Gasteiger partial charge in [0.05, 0.1) is 18.1 Å². The van der Waals surface area contributed by atoms with Crippen LogP contribution in [0.2, 0.25) is 19.6 Å². The topological polar surface area (TPSA) is 35.5 Å². The Morgan fingerprint density at radius 2 is 1.75 bits per heavy atom. The van der Waals surface area contributed by atoms with Gasteiger partial charge >= 0.3 is 5.97 Å². The van der Waals surface area contributed by atoms with Gasteiger partial charge in [-0.1, -0.05) is 30.3 Å². The van der Waals surface area contributed by atoms with Crippen LogP contribution in [0.4, 0.5) is 0 Å². The molecule has 0 heterocycles. The summed E-state index contributed by atoms with van der Waals surface area (Å²) >= 11 is 0. The summed E-state index contributed by atoms with van der Waals surface area (Å²) < 4.78 is 11.5. The van der Waals surface area contributed by atoms with Crippen molar-refractivity contribution in [3.63, 3.8) is 0 Å². The monoisotopic (exact) mass is 294 g/mol. The second kappa shape index (κ2) is 6.55. The fraction of sp³-hybridized carbons (Fsp3) is 0.562. The van der Waals surface area contributed by atoms with Gasteiger partial charge in [0, 0.05) is 0 Å². The highest BCUT2D eigenvalue weighted by molar-refractivity contribution is 6.69. The number of rotatable bonds is 6. The first kappa shape index (κ1) is 16.9. The Morgan fingerprint density at radius 3 is 2.20 bits per heavy atom. The highest BCUT2D eigenvalue weighted by Crippen LogP contribution is 2.39. The summed E-state index contributed by atoms with van der Waals surface area (Å²) in [5.41, 5.74) is 0.311. The molecule has 4 heteroatoms. The number of hydrogen-bond donors (Lipinski definition) is 0. The molecule has 0 spiro atoms. The lowest BCUT2D eigenvalue weighted by atomic mass is 9.83. The number of carbonyl (C=O) groups is 1. The molecule has 0 radical (unpaired) electrons. The molecule has 1 atom stereocenters. The summed E-state index contributed by atoms with van der Waals surface area (Å²) in [5, 5.41) is 0. The molecule has 0 bridgehead atoms. The summed E-state index contributed by atoms with van der Waals surface area (Å²) in [6.07, 6.45) is -0.283. The van der Waals surface area contributed by atoms with Crippen LogP contribution >= 0.6 is 0 Å². The lowest BCUT2D eigenvalue weighted by molar-refractivity contribution is -0.159. The minimum atomic E-state index is -1.79. The number of esters is 1. The molecular weight excluding hydrogens is 268 g/mol. The van der Waals surface area contributed by atoms with Crippen molar-refractivity contribution in [3.8, 4) is 0 Å². The maximum absolute atomic E-state index is 12.3. The molecule has 0 saturated heterocycles. The molecule has 0 aromatic heterocycles. The Kier molecular flexibility index (Phi) is 5.54. The normalized spacial score (nSPS) is 13.9. The average Bonchev–Trinajstić information content (AvgIpc) is 2.36. The van der Waals surface area contributed by atoms with Crippen molar-refractivity contribution in [3.05, 3.63) is 35.9 Å². The summed E-state index contributed by atoms with van der Waals surface area (Å²) in [5.74, 6) is -0.216. The summed E-state index contributed by atoms with van der Waals surface area (Å²) in [4.78, 5) is 12.3. The van der Waals surface area contributed by atoms with E-state index in [9.17, 15) is 4.79 Å². The van der Waals surface area contributed by atoms with E-state index in [-0.39, 0.29) is 12.1 Å². The highest BCUT2D eigenvalue weighted by atomic mass is 28.4. The van der Waals surface area contributed by atoms with E-state index in [1.54, 1.807) is 0 Å². The van der Waals surface area contributed by atoms with E-state index in [1.807, 2.05) is 51.1 Å². The zero-order valence-corrected chi connectivity index (χ0v) is 14.4. The molecular formula is C16H26O3Si. The van der Waals surface area contributed by atoms with Crippen molar-refractivity contribution in [2.75, 3.05) is 6.61 Å². The molecule has 1 aromatic rings. The molecule has 1 aromatic carbocycles. The molecule has 1 rings (SSSR count). The van der Waals surface area contributed by atoms with Gasteiger partial charge in [-0.15, -0.1) is 0 Å². The standard InChI is InChI=1S/C16H26O3Si/c1-7-18-15(17)16(2,3)14(19-20(4,5)6)13-11-9-8-10-12-13/h8-12,14H,7H2,1-6H3. The van der Waals surface area contributed by atoms with Crippen LogP contribution in [0.5, 0.6) is 0 Å². The first-order chi connectivity index (χ1) is 9.18. The van der Waals surface area contributed by atoms with Gasteiger partial charge < -0.3 is 9.16 Å². The summed E-state index contributed by atoms with van der Waals surface area (Å²) in [7, 11) is -1.79. The number of ether oxygens (including phenoxy) is 1. The van der Waals surface area contributed by atoms with Crippen LogP contribution in [0.1, 0.15) is 32.4 Å². The quantitative estimate of drug-likeness (QED) is 0.583. The van der Waals surface area contributed by atoms with E-state index >= 15 is 0 Å². The van der Waals surface area contributed by atoms with Gasteiger partial charge in [0.2, 0.25) is 0 Å².